The first kappa shape index (κ1) is 12.8. The number of benzene rings is 1. The summed E-state index contributed by atoms with van der Waals surface area (Å²) in [6.07, 6.45) is 1.27. The first-order valence-electron chi connectivity index (χ1n) is 5.14. The van der Waals surface area contributed by atoms with Crippen LogP contribution in [0.25, 0.3) is 0 Å². The number of hydrogen-bond donors (Lipinski definition) is 1. The van der Waals surface area contributed by atoms with Gasteiger partial charge >= 0.3 is 0 Å². The van der Waals surface area contributed by atoms with Gasteiger partial charge in [-0.1, -0.05) is 41.9 Å². The molecular formula is C12H9Cl2N3O. The van der Waals surface area contributed by atoms with Crippen molar-refractivity contribution in [2.24, 2.45) is 0 Å². The van der Waals surface area contributed by atoms with Crippen LogP contribution in [0.5, 0.6) is 0 Å². The van der Waals surface area contributed by atoms with Gasteiger partial charge < -0.3 is 5.32 Å². The van der Waals surface area contributed by atoms with Gasteiger partial charge in [-0.05, 0) is 5.56 Å². The van der Waals surface area contributed by atoms with Gasteiger partial charge in [0, 0.05) is 6.07 Å². The minimum absolute atomic E-state index is 0.256. The van der Waals surface area contributed by atoms with Gasteiger partial charge in [0.2, 0.25) is 5.91 Å². The summed E-state index contributed by atoms with van der Waals surface area (Å²) in [4.78, 5) is 19.5. The quantitative estimate of drug-likeness (QED) is 0.695. The molecule has 4 nitrogen and oxygen atoms in total. The fraction of sp³-hybridized carbons (Fsp3) is 0.0833. The summed E-state index contributed by atoms with van der Waals surface area (Å²) in [6.45, 7) is 0. The number of carbonyl (C=O) groups excluding carboxylic acids is 1. The number of alkyl halides is 1. The molecule has 0 aliphatic rings. The van der Waals surface area contributed by atoms with E-state index in [4.69, 9.17) is 23.2 Å². The Morgan fingerprint density at radius 1 is 1.22 bits per heavy atom. The summed E-state index contributed by atoms with van der Waals surface area (Å²) >= 11 is 11.7. The lowest BCUT2D eigenvalue weighted by atomic mass is 10.1. The van der Waals surface area contributed by atoms with Gasteiger partial charge in [0.1, 0.15) is 22.7 Å². The third kappa shape index (κ3) is 3.18. The number of hydrogen-bond acceptors (Lipinski definition) is 3. The lowest BCUT2D eigenvalue weighted by Crippen LogP contribution is -2.18. The number of rotatable bonds is 3. The number of anilines is 1. The van der Waals surface area contributed by atoms with Crippen LogP contribution in [0.3, 0.4) is 0 Å². The lowest BCUT2D eigenvalue weighted by Gasteiger charge is -2.10. The van der Waals surface area contributed by atoms with E-state index in [2.05, 4.69) is 15.3 Å². The van der Waals surface area contributed by atoms with Gasteiger partial charge in [-0.15, -0.1) is 11.6 Å². The molecule has 0 radical (unpaired) electrons. The second-order valence-corrected chi connectivity index (χ2v) is 4.31. The van der Waals surface area contributed by atoms with E-state index < -0.39 is 5.38 Å². The second-order valence-electron chi connectivity index (χ2n) is 3.49. The van der Waals surface area contributed by atoms with Crippen LogP contribution in [0.2, 0.25) is 5.15 Å². The van der Waals surface area contributed by atoms with Crippen LogP contribution < -0.4 is 5.32 Å². The summed E-state index contributed by atoms with van der Waals surface area (Å²) in [6, 6.07) is 10.5. The van der Waals surface area contributed by atoms with Crippen LogP contribution in [0.15, 0.2) is 42.7 Å². The summed E-state index contributed by atoms with van der Waals surface area (Å²) in [5, 5.41) is 2.05. The Morgan fingerprint density at radius 3 is 2.61 bits per heavy atom. The highest BCUT2D eigenvalue weighted by atomic mass is 35.5. The van der Waals surface area contributed by atoms with Gasteiger partial charge in [-0.3, -0.25) is 4.79 Å². The molecule has 0 aliphatic carbocycles. The molecule has 1 unspecified atom stereocenters. The number of nitrogens with one attached hydrogen (secondary N) is 1. The average molecular weight is 282 g/mol. The van der Waals surface area contributed by atoms with Crippen molar-refractivity contribution >= 4 is 34.9 Å². The highest BCUT2D eigenvalue weighted by Crippen LogP contribution is 2.21. The van der Waals surface area contributed by atoms with E-state index in [0.717, 1.165) is 5.56 Å². The highest BCUT2D eigenvalue weighted by molar-refractivity contribution is 6.32. The van der Waals surface area contributed by atoms with Crippen LogP contribution in [0.4, 0.5) is 5.82 Å². The van der Waals surface area contributed by atoms with Gasteiger partial charge in [0.25, 0.3) is 0 Å². The molecule has 0 aliphatic heterocycles. The van der Waals surface area contributed by atoms with E-state index in [0.29, 0.717) is 5.82 Å². The molecular weight excluding hydrogens is 273 g/mol. The van der Waals surface area contributed by atoms with Crippen LogP contribution in [0, 0.1) is 0 Å². The number of carbonyl (C=O) groups is 1. The van der Waals surface area contributed by atoms with Crippen molar-refractivity contribution in [2.45, 2.75) is 5.38 Å². The zero-order valence-corrected chi connectivity index (χ0v) is 10.7. The molecule has 2 rings (SSSR count). The van der Waals surface area contributed by atoms with Crippen LogP contribution in [-0.2, 0) is 4.79 Å². The van der Waals surface area contributed by atoms with Gasteiger partial charge in [0.05, 0.1) is 0 Å². The molecule has 1 heterocycles. The number of aromatic nitrogens is 2. The van der Waals surface area contributed by atoms with Crippen LogP contribution in [-0.4, -0.2) is 15.9 Å². The molecule has 1 amide bonds. The van der Waals surface area contributed by atoms with E-state index in [9.17, 15) is 4.79 Å². The van der Waals surface area contributed by atoms with Crippen molar-refractivity contribution < 1.29 is 4.79 Å². The minimum Gasteiger partial charge on any atom is -0.309 e. The first-order chi connectivity index (χ1) is 8.66. The summed E-state index contributed by atoms with van der Waals surface area (Å²) in [5.74, 6) is -0.0424. The molecule has 0 fully saturated rings. The highest BCUT2D eigenvalue weighted by Gasteiger charge is 2.17. The second kappa shape index (κ2) is 5.80. The SMILES string of the molecule is O=C(Nc1cc(Cl)ncn1)C(Cl)c1ccccc1. The van der Waals surface area contributed by atoms with Crippen molar-refractivity contribution in [3.63, 3.8) is 0 Å². The molecule has 0 saturated carbocycles. The Bertz CT molecular complexity index is 548. The van der Waals surface area contributed by atoms with Crippen molar-refractivity contribution in [3.8, 4) is 0 Å². The molecule has 1 aromatic carbocycles. The largest absolute Gasteiger partial charge is 0.309 e. The van der Waals surface area contributed by atoms with Crippen molar-refractivity contribution in [1.29, 1.82) is 0 Å². The van der Waals surface area contributed by atoms with E-state index in [-0.39, 0.29) is 11.1 Å². The lowest BCUT2D eigenvalue weighted by molar-refractivity contribution is -0.116. The number of halogens is 2. The van der Waals surface area contributed by atoms with Crippen molar-refractivity contribution in [2.75, 3.05) is 5.32 Å². The minimum atomic E-state index is -0.778. The van der Waals surface area contributed by atoms with Gasteiger partial charge in [-0.2, -0.15) is 0 Å². The summed E-state index contributed by atoms with van der Waals surface area (Å²) in [7, 11) is 0. The fourth-order valence-corrected chi connectivity index (χ4v) is 1.71. The number of amides is 1. The topological polar surface area (TPSA) is 54.9 Å². The molecule has 1 N–H and O–H groups in total. The molecule has 0 bridgehead atoms. The molecule has 1 aromatic heterocycles. The van der Waals surface area contributed by atoms with Crippen molar-refractivity contribution in [1.82, 2.24) is 9.97 Å². The normalized spacial score (nSPS) is 11.9. The fourth-order valence-electron chi connectivity index (χ4n) is 1.36. The molecule has 0 saturated heterocycles. The Morgan fingerprint density at radius 2 is 1.94 bits per heavy atom. The molecule has 2 aromatic rings. The Labute approximate surface area is 114 Å². The Balaban J connectivity index is 2.09. The van der Waals surface area contributed by atoms with Crippen LogP contribution in [0.1, 0.15) is 10.9 Å². The monoisotopic (exact) mass is 281 g/mol. The zero-order chi connectivity index (χ0) is 13.0. The molecule has 6 heteroatoms. The Kier molecular flexibility index (Phi) is 4.12. The zero-order valence-electron chi connectivity index (χ0n) is 9.18. The third-order valence-corrected chi connectivity index (χ3v) is 2.86. The third-order valence-electron chi connectivity index (χ3n) is 2.21. The van der Waals surface area contributed by atoms with E-state index in [1.165, 1.54) is 12.4 Å². The maximum atomic E-state index is 11.9. The first-order valence-corrected chi connectivity index (χ1v) is 5.95. The van der Waals surface area contributed by atoms with Crippen LogP contribution >= 0.6 is 23.2 Å². The summed E-state index contributed by atoms with van der Waals surface area (Å²) in [5.41, 5.74) is 0.719. The maximum absolute atomic E-state index is 11.9. The van der Waals surface area contributed by atoms with Gasteiger partial charge in [-0.25, -0.2) is 9.97 Å². The smallest absolute Gasteiger partial charge is 0.248 e. The standard InChI is InChI=1S/C12H9Cl2N3O/c13-9-6-10(16-7-15-9)17-12(18)11(14)8-4-2-1-3-5-8/h1-7,11H,(H,15,16,17,18). The Hall–Kier alpha value is -1.65. The van der Waals surface area contributed by atoms with E-state index in [1.807, 2.05) is 18.2 Å². The number of nitrogens with zero attached hydrogens (tertiary/aromatic N) is 2. The molecule has 92 valence electrons. The maximum Gasteiger partial charge on any atom is 0.248 e. The summed E-state index contributed by atoms with van der Waals surface area (Å²) < 4.78 is 0. The predicted octanol–water partition coefficient (Wildman–Crippen LogP) is 3.05. The van der Waals surface area contributed by atoms with Gasteiger partial charge in [0.15, 0.2) is 0 Å². The molecule has 18 heavy (non-hydrogen) atoms. The molecule has 0 spiro atoms. The predicted molar refractivity (Wildman–Crippen MR) is 70.7 cm³/mol. The van der Waals surface area contributed by atoms with Crippen molar-refractivity contribution in [3.05, 3.63) is 53.4 Å². The average Bonchev–Trinajstić information content (AvgIpc) is 2.39. The van der Waals surface area contributed by atoms with E-state index in [1.54, 1.807) is 12.1 Å². The van der Waals surface area contributed by atoms with E-state index >= 15 is 0 Å². The molecule has 1 atom stereocenters.